The Morgan fingerprint density at radius 2 is 2.00 bits per heavy atom. The fraction of sp³-hybridized carbons (Fsp3) is 0.353. The van der Waals surface area contributed by atoms with Crippen molar-refractivity contribution in [1.82, 2.24) is 10.2 Å². The Kier molecular flexibility index (Phi) is 6.58. The third-order valence-electron chi connectivity index (χ3n) is 4.34. The van der Waals surface area contributed by atoms with Gasteiger partial charge in [0.1, 0.15) is 11.4 Å². The summed E-state index contributed by atoms with van der Waals surface area (Å²) in [6.45, 7) is 1.56. The number of rotatable bonds is 5. The zero-order valence-electron chi connectivity index (χ0n) is 14.5. The van der Waals surface area contributed by atoms with Gasteiger partial charge in [-0.2, -0.15) is 0 Å². The molecule has 2 aliphatic heterocycles. The van der Waals surface area contributed by atoms with Crippen LogP contribution in [-0.2, 0) is 16.0 Å². The van der Waals surface area contributed by atoms with Crippen LogP contribution >= 0.6 is 11.8 Å². The summed E-state index contributed by atoms with van der Waals surface area (Å²) in [5, 5.41) is 22.7. The van der Waals surface area contributed by atoms with Gasteiger partial charge in [0, 0.05) is 11.3 Å². The first-order chi connectivity index (χ1) is 12.0. The number of aliphatic hydroxyl groups is 1. The number of thioether (sulfide) groups is 1. The van der Waals surface area contributed by atoms with Crippen LogP contribution in [-0.4, -0.2) is 51.6 Å². The van der Waals surface area contributed by atoms with Gasteiger partial charge in [-0.15, -0.1) is 11.8 Å². The summed E-state index contributed by atoms with van der Waals surface area (Å²) >= 11 is 1.30. The van der Waals surface area contributed by atoms with E-state index in [0.29, 0.717) is 5.56 Å². The van der Waals surface area contributed by atoms with Crippen LogP contribution in [0.4, 0.5) is 0 Å². The molecule has 1 saturated heterocycles. The van der Waals surface area contributed by atoms with E-state index in [0.717, 1.165) is 16.9 Å². The molecule has 3 rings (SSSR count). The molecule has 0 saturated carbocycles. The van der Waals surface area contributed by atoms with Crippen LogP contribution < -0.4 is 29.3 Å². The van der Waals surface area contributed by atoms with Crippen molar-refractivity contribution < 1.29 is 43.5 Å². The van der Waals surface area contributed by atoms with Crippen LogP contribution in [0.2, 0.25) is 0 Å². The summed E-state index contributed by atoms with van der Waals surface area (Å²) in [4.78, 5) is 37.0. The third-order valence-corrected chi connectivity index (χ3v) is 5.68. The Morgan fingerprint density at radius 3 is 2.54 bits per heavy atom. The third kappa shape index (κ3) is 3.55. The molecule has 2 aliphatic rings. The second-order valence-corrected chi connectivity index (χ2v) is 6.91. The number of carboxylic acids is 1. The van der Waals surface area contributed by atoms with Gasteiger partial charge in [-0.3, -0.25) is 14.5 Å². The topological polar surface area (TPSA) is 110 Å². The van der Waals surface area contributed by atoms with Crippen LogP contribution in [0.15, 0.2) is 35.5 Å². The fourth-order valence-corrected chi connectivity index (χ4v) is 4.24. The summed E-state index contributed by atoms with van der Waals surface area (Å²) in [6.07, 6.45) is 0.863. The van der Waals surface area contributed by atoms with E-state index in [1.165, 1.54) is 11.8 Å². The Labute approximate surface area is 167 Å². The molecule has 2 N–H and O–H groups in total. The molecule has 0 aliphatic carbocycles. The van der Waals surface area contributed by atoms with Gasteiger partial charge in [-0.25, -0.2) is 0 Å². The number of nitrogens with zero attached hydrogens (tertiary/aromatic N) is 1. The van der Waals surface area contributed by atoms with E-state index in [1.54, 1.807) is 12.1 Å². The number of fused-ring (bicyclic) bond motifs is 1. The van der Waals surface area contributed by atoms with Gasteiger partial charge < -0.3 is 20.3 Å². The Morgan fingerprint density at radius 1 is 1.35 bits per heavy atom. The summed E-state index contributed by atoms with van der Waals surface area (Å²) in [6, 6.07) is 6.30. The van der Waals surface area contributed by atoms with Crippen LogP contribution in [0.5, 0.6) is 0 Å². The molecule has 1 aromatic carbocycles. The second kappa shape index (κ2) is 8.31. The monoisotopic (exact) mass is 368 g/mol. The number of aliphatic carboxylic acids is 1. The molecule has 2 heterocycles. The first kappa shape index (κ1) is 20.6. The molecule has 132 valence electrons. The van der Waals surface area contributed by atoms with E-state index in [9.17, 15) is 24.6 Å². The zero-order chi connectivity index (χ0) is 18.1. The van der Waals surface area contributed by atoms with Crippen LogP contribution in [0.3, 0.4) is 0 Å². The number of carboxylic acid groups (broad SMARTS) is 1. The Hall–Kier alpha value is -1.72. The van der Waals surface area contributed by atoms with Gasteiger partial charge in [-0.05, 0) is 29.7 Å². The van der Waals surface area contributed by atoms with Crippen molar-refractivity contribution in [3.8, 4) is 0 Å². The van der Waals surface area contributed by atoms with Gasteiger partial charge in [-0.1, -0.05) is 19.1 Å². The molecule has 1 unspecified atom stereocenters. The molecule has 0 radical (unpaired) electrons. The number of carbonyl (C=O) groups is 3. The summed E-state index contributed by atoms with van der Waals surface area (Å²) in [5.74, 6) is -2.12. The van der Waals surface area contributed by atoms with E-state index in [4.69, 9.17) is 0 Å². The maximum absolute atomic E-state index is 12.3. The number of hydrogen-bond acceptors (Lipinski definition) is 6. The molecular formula is C17H17LiN2O5S. The standard InChI is InChI=1S/C17H18N2O5S.Li/c1-2-9-3-5-10(6-4-9)14(21)18-12-15(22)19-13(17(23)24)11(7-20)8-25-16(12)19;/h3-6,12,16,20H,2,7-8H2,1H3,(H,18,21)(H,23,24);/q;+1/p-1/t12?,16-;/m1./s1. The number of aliphatic hydroxyl groups excluding tert-OH is 1. The number of hydrogen-bond donors (Lipinski definition) is 2. The first-order valence-electron chi connectivity index (χ1n) is 7.86. The van der Waals surface area contributed by atoms with Crippen LogP contribution in [0, 0.1) is 0 Å². The summed E-state index contributed by atoms with van der Waals surface area (Å²) in [5.41, 5.74) is 1.50. The van der Waals surface area contributed by atoms with E-state index in [1.807, 2.05) is 19.1 Å². The normalized spacial score (nSPS) is 21.5. The molecular weight excluding hydrogens is 351 g/mol. The molecule has 0 bridgehead atoms. The number of amides is 2. The molecule has 1 fully saturated rings. The number of aryl methyl sites for hydroxylation is 1. The van der Waals surface area contributed by atoms with Gasteiger partial charge in [0.2, 0.25) is 0 Å². The van der Waals surface area contributed by atoms with Gasteiger partial charge >= 0.3 is 18.9 Å². The van der Waals surface area contributed by atoms with Crippen LogP contribution in [0.1, 0.15) is 22.8 Å². The molecule has 2 amide bonds. The molecule has 0 spiro atoms. The number of benzene rings is 1. The van der Waals surface area contributed by atoms with Crippen molar-refractivity contribution in [3.05, 3.63) is 46.7 Å². The van der Waals surface area contributed by atoms with Crippen LogP contribution in [0.25, 0.3) is 0 Å². The van der Waals surface area contributed by atoms with Crippen molar-refractivity contribution in [1.29, 1.82) is 0 Å². The minimum absolute atomic E-state index is 0. The van der Waals surface area contributed by atoms with Crippen molar-refractivity contribution in [3.63, 3.8) is 0 Å². The molecule has 7 nitrogen and oxygen atoms in total. The van der Waals surface area contributed by atoms with E-state index >= 15 is 0 Å². The van der Waals surface area contributed by atoms with E-state index in [2.05, 4.69) is 5.32 Å². The minimum Gasteiger partial charge on any atom is -0.543 e. The summed E-state index contributed by atoms with van der Waals surface area (Å²) < 4.78 is 0. The van der Waals surface area contributed by atoms with Crippen molar-refractivity contribution in [2.45, 2.75) is 24.8 Å². The Bertz CT molecular complexity index is 765. The zero-order valence-corrected chi connectivity index (χ0v) is 15.3. The minimum atomic E-state index is -1.50. The van der Waals surface area contributed by atoms with Crippen molar-refractivity contribution >= 4 is 29.5 Å². The van der Waals surface area contributed by atoms with E-state index in [-0.39, 0.29) is 41.8 Å². The van der Waals surface area contributed by atoms with Gasteiger partial charge in [0.25, 0.3) is 11.8 Å². The number of nitrogens with one attached hydrogen (secondary N) is 1. The Balaban J connectivity index is 0.00000243. The van der Waals surface area contributed by atoms with Gasteiger partial charge in [0.15, 0.2) is 0 Å². The predicted octanol–water partition coefficient (Wildman–Crippen LogP) is -3.74. The molecule has 9 heteroatoms. The maximum Gasteiger partial charge on any atom is 1.00 e. The first-order valence-corrected chi connectivity index (χ1v) is 8.91. The average molecular weight is 368 g/mol. The molecule has 0 aromatic heterocycles. The molecule has 26 heavy (non-hydrogen) atoms. The van der Waals surface area contributed by atoms with E-state index < -0.39 is 29.9 Å². The largest absolute Gasteiger partial charge is 1.00 e. The predicted molar refractivity (Wildman–Crippen MR) is 89.3 cm³/mol. The van der Waals surface area contributed by atoms with Crippen molar-refractivity contribution in [2.75, 3.05) is 12.4 Å². The quantitative estimate of drug-likeness (QED) is 0.408. The van der Waals surface area contributed by atoms with Gasteiger partial charge in [0.05, 0.1) is 18.3 Å². The maximum atomic E-state index is 12.3. The summed E-state index contributed by atoms with van der Waals surface area (Å²) in [7, 11) is 0. The smallest absolute Gasteiger partial charge is 0.543 e. The molecule has 2 atom stereocenters. The second-order valence-electron chi connectivity index (χ2n) is 5.81. The SMILES string of the molecule is CCc1ccc(C(=O)NC2C(=O)N3C(C(=O)[O-])=C(CO)CS[C@H]23)cc1.[Li+]. The molecule has 1 aromatic rings. The number of β-lactam (4-membered cyclic amide) rings is 1. The van der Waals surface area contributed by atoms with Crippen molar-refractivity contribution in [2.24, 2.45) is 0 Å². The number of carbonyl (C=O) groups excluding carboxylic acids is 3. The fourth-order valence-electron chi connectivity index (χ4n) is 2.91. The average Bonchev–Trinajstić information content (AvgIpc) is 2.64.